The molecule has 29 heavy (non-hydrogen) atoms. The largest absolute Gasteiger partial charge is 0.448 e. The molecule has 2 aromatic carbocycles. The van der Waals surface area contributed by atoms with Crippen LogP contribution in [-0.2, 0) is 16.1 Å². The maximum absolute atomic E-state index is 12.8. The van der Waals surface area contributed by atoms with Gasteiger partial charge in [-0.2, -0.15) is 5.10 Å². The Morgan fingerprint density at radius 1 is 1.07 bits per heavy atom. The normalized spacial score (nSPS) is 11.8. The highest BCUT2D eigenvalue weighted by molar-refractivity contribution is 6.02. The lowest BCUT2D eigenvalue weighted by atomic mass is 10.1. The number of aromatic nitrogens is 2. The number of esters is 1. The van der Waals surface area contributed by atoms with Gasteiger partial charge in [0.15, 0.2) is 11.8 Å². The number of fused-ring (bicyclic) bond motifs is 1. The smallest absolute Gasteiger partial charge is 0.360 e. The van der Waals surface area contributed by atoms with Crippen molar-refractivity contribution in [2.45, 2.75) is 32.9 Å². The van der Waals surface area contributed by atoms with Crippen LogP contribution in [-0.4, -0.2) is 34.3 Å². The Labute approximate surface area is 168 Å². The molecule has 0 spiro atoms. The van der Waals surface area contributed by atoms with E-state index in [1.165, 1.54) is 11.6 Å². The predicted molar refractivity (Wildman–Crippen MR) is 110 cm³/mol. The molecule has 0 aliphatic rings. The Morgan fingerprint density at radius 2 is 1.72 bits per heavy atom. The highest BCUT2D eigenvalue weighted by Gasteiger charge is 2.23. The molecule has 1 amide bonds. The fourth-order valence-electron chi connectivity index (χ4n) is 2.91. The average molecular weight is 393 g/mol. The molecule has 0 saturated carbocycles. The Morgan fingerprint density at radius 3 is 2.41 bits per heavy atom. The van der Waals surface area contributed by atoms with Crippen LogP contribution in [0.1, 0.15) is 36.3 Å². The maximum Gasteiger partial charge on any atom is 0.360 e. The molecule has 0 radical (unpaired) electrons. The number of ether oxygens (including phenoxy) is 1. The molecule has 1 heterocycles. The van der Waals surface area contributed by atoms with Crippen LogP contribution in [0.5, 0.6) is 0 Å². The van der Waals surface area contributed by atoms with Gasteiger partial charge in [0.1, 0.15) is 0 Å². The average Bonchev–Trinajstić information content (AvgIpc) is 2.74. The third kappa shape index (κ3) is 4.68. The number of nitrogens with one attached hydrogen (secondary N) is 1. The molecule has 3 aromatic rings. The Bertz CT molecular complexity index is 1080. The van der Waals surface area contributed by atoms with Crippen molar-refractivity contribution in [2.24, 2.45) is 0 Å². The van der Waals surface area contributed by atoms with Crippen LogP contribution in [0.2, 0.25) is 0 Å². The van der Waals surface area contributed by atoms with Gasteiger partial charge in [-0.1, -0.05) is 55.5 Å². The zero-order chi connectivity index (χ0) is 20.8. The van der Waals surface area contributed by atoms with Crippen LogP contribution >= 0.6 is 0 Å². The van der Waals surface area contributed by atoms with Crippen LogP contribution in [0.15, 0.2) is 59.4 Å². The number of nitrogens with zero attached hydrogens (tertiary/aromatic N) is 2. The van der Waals surface area contributed by atoms with Gasteiger partial charge in [-0.05, 0) is 25.0 Å². The van der Waals surface area contributed by atoms with E-state index in [2.05, 4.69) is 10.4 Å². The Kier molecular flexibility index (Phi) is 6.39. The van der Waals surface area contributed by atoms with Crippen molar-refractivity contribution in [3.63, 3.8) is 0 Å². The molecule has 7 nitrogen and oxygen atoms in total. The summed E-state index contributed by atoms with van der Waals surface area (Å²) in [5.74, 6) is -1.12. The molecule has 0 aliphatic carbocycles. The SMILES string of the molecule is CCCNC(=O)[C@@H](C)OC(=O)c1nn(Cc2ccccc2)c(=O)c2ccccc12. The summed E-state index contributed by atoms with van der Waals surface area (Å²) in [6.07, 6.45) is -0.188. The van der Waals surface area contributed by atoms with Crippen LogP contribution in [0, 0.1) is 0 Å². The van der Waals surface area contributed by atoms with Gasteiger partial charge in [-0.25, -0.2) is 9.48 Å². The Balaban J connectivity index is 1.96. The lowest BCUT2D eigenvalue weighted by molar-refractivity contribution is -0.129. The molecule has 1 atom stereocenters. The molecule has 0 saturated heterocycles. The van der Waals surface area contributed by atoms with Crippen LogP contribution in [0.25, 0.3) is 10.8 Å². The molecule has 0 unspecified atom stereocenters. The van der Waals surface area contributed by atoms with Crippen molar-refractivity contribution in [1.82, 2.24) is 15.1 Å². The first-order valence-corrected chi connectivity index (χ1v) is 9.53. The van der Waals surface area contributed by atoms with E-state index in [1.807, 2.05) is 37.3 Å². The number of amides is 1. The number of carbonyl (C=O) groups is 2. The van der Waals surface area contributed by atoms with E-state index >= 15 is 0 Å². The van der Waals surface area contributed by atoms with Gasteiger partial charge < -0.3 is 10.1 Å². The second-order valence-electron chi connectivity index (χ2n) is 6.68. The molecule has 0 fully saturated rings. The molecular weight excluding hydrogens is 370 g/mol. The van der Waals surface area contributed by atoms with E-state index in [9.17, 15) is 14.4 Å². The lowest BCUT2D eigenvalue weighted by Crippen LogP contribution is -2.36. The summed E-state index contributed by atoms with van der Waals surface area (Å²) >= 11 is 0. The summed E-state index contributed by atoms with van der Waals surface area (Å²) in [5.41, 5.74) is 0.588. The fourth-order valence-corrected chi connectivity index (χ4v) is 2.91. The predicted octanol–water partition coefficient (Wildman–Crippen LogP) is 2.52. The van der Waals surface area contributed by atoms with Crippen molar-refractivity contribution in [3.05, 3.63) is 76.2 Å². The van der Waals surface area contributed by atoms with Crippen molar-refractivity contribution < 1.29 is 14.3 Å². The molecule has 0 aliphatic heterocycles. The minimum atomic E-state index is -0.968. The van der Waals surface area contributed by atoms with Crippen LogP contribution < -0.4 is 10.9 Å². The number of hydrogen-bond donors (Lipinski definition) is 1. The number of rotatable bonds is 7. The second-order valence-corrected chi connectivity index (χ2v) is 6.68. The highest BCUT2D eigenvalue weighted by Crippen LogP contribution is 2.15. The van der Waals surface area contributed by atoms with Crippen molar-refractivity contribution in [2.75, 3.05) is 6.54 Å². The molecule has 3 rings (SSSR count). The standard InChI is InChI=1S/C22H23N3O4/c1-3-13-23-20(26)15(2)29-22(28)19-17-11-7-8-12-18(17)21(27)25(24-19)14-16-9-5-4-6-10-16/h4-12,15H,3,13-14H2,1-2H3,(H,23,26)/t15-/m1/s1. The molecule has 0 bridgehead atoms. The van der Waals surface area contributed by atoms with E-state index in [0.29, 0.717) is 17.3 Å². The van der Waals surface area contributed by atoms with E-state index in [0.717, 1.165) is 12.0 Å². The van der Waals surface area contributed by atoms with E-state index in [4.69, 9.17) is 4.74 Å². The summed E-state index contributed by atoms with van der Waals surface area (Å²) in [6, 6.07) is 16.1. The van der Waals surface area contributed by atoms with Crippen molar-refractivity contribution in [1.29, 1.82) is 0 Å². The number of hydrogen-bond acceptors (Lipinski definition) is 5. The number of carbonyl (C=O) groups excluding carboxylic acids is 2. The van der Waals surface area contributed by atoms with E-state index in [1.54, 1.807) is 24.3 Å². The molecule has 1 N–H and O–H groups in total. The van der Waals surface area contributed by atoms with Gasteiger partial charge in [0.05, 0.1) is 11.9 Å². The van der Waals surface area contributed by atoms with Gasteiger partial charge in [0.2, 0.25) is 0 Å². The minimum absolute atomic E-state index is 0.00581. The zero-order valence-electron chi connectivity index (χ0n) is 16.4. The summed E-state index contributed by atoms with van der Waals surface area (Å²) in [6.45, 7) is 4.16. The third-order valence-corrected chi connectivity index (χ3v) is 4.44. The fraction of sp³-hybridized carbons (Fsp3) is 0.273. The van der Waals surface area contributed by atoms with Gasteiger partial charge >= 0.3 is 5.97 Å². The van der Waals surface area contributed by atoms with Gasteiger partial charge in [0, 0.05) is 11.9 Å². The van der Waals surface area contributed by atoms with Crippen LogP contribution in [0.4, 0.5) is 0 Å². The summed E-state index contributed by atoms with van der Waals surface area (Å²) in [5, 5.41) is 7.72. The highest BCUT2D eigenvalue weighted by atomic mass is 16.5. The zero-order valence-corrected chi connectivity index (χ0v) is 16.4. The van der Waals surface area contributed by atoms with Gasteiger partial charge in [-0.3, -0.25) is 9.59 Å². The first-order valence-electron chi connectivity index (χ1n) is 9.53. The van der Waals surface area contributed by atoms with Gasteiger partial charge in [0.25, 0.3) is 11.5 Å². The summed E-state index contributed by atoms with van der Waals surface area (Å²) in [4.78, 5) is 37.7. The summed E-state index contributed by atoms with van der Waals surface area (Å²) < 4.78 is 6.57. The Hall–Kier alpha value is -3.48. The molecule has 150 valence electrons. The van der Waals surface area contributed by atoms with Crippen molar-refractivity contribution in [3.8, 4) is 0 Å². The topological polar surface area (TPSA) is 90.3 Å². The van der Waals surface area contributed by atoms with E-state index in [-0.39, 0.29) is 23.7 Å². The lowest BCUT2D eigenvalue weighted by Gasteiger charge is -2.15. The van der Waals surface area contributed by atoms with Crippen molar-refractivity contribution >= 4 is 22.6 Å². The summed E-state index contributed by atoms with van der Waals surface area (Å²) in [7, 11) is 0. The molecule has 1 aromatic heterocycles. The first kappa shape index (κ1) is 20.3. The monoisotopic (exact) mass is 393 g/mol. The van der Waals surface area contributed by atoms with E-state index < -0.39 is 12.1 Å². The first-order chi connectivity index (χ1) is 14.0. The van der Waals surface area contributed by atoms with Crippen LogP contribution in [0.3, 0.4) is 0 Å². The minimum Gasteiger partial charge on any atom is -0.448 e. The maximum atomic E-state index is 12.8. The quantitative estimate of drug-likeness (QED) is 0.623. The molecule has 7 heteroatoms. The van der Waals surface area contributed by atoms with Gasteiger partial charge in [-0.15, -0.1) is 0 Å². The second kappa shape index (κ2) is 9.14. The third-order valence-electron chi connectivity index (χ3n) is 4.44. The molecular formula is C22H23N3O4. The number of benzene rings is 2.